The van der Waals surface area contributed by atoms with E-state index in [0.717, 1.165) is 0 Å². The Morgan fingerprint density at radius 2 is 1.85 bits per heavy atom. The Bertz CT molecular complexity index is 339. The predicted octanol–water partition coefficient (Wildman–Crippen LogP) is -0.666. The van der Waals surface area contributed by atoms with Crippen LogP contribution in [0, 0.1) is 0 Å². The number of ketones is 1. The summed E-state index contributed by atoms with van der Waals surface area (Å²) in [6.45, 7) is 1.91. The number of hydrogen-bond acceptors (Lipinski definition) is 6. The Kier molecular flexibility index (Phi) is 10.0. The van der Waals surface area contributed by atoms with Crippen molar-refractivity contribution >= 4 is 29.4 Å². The van der Waals surface area contributed by atoms with Crippen molar-refractivity contribution in [2.45, 2.75) is 38.3 Å². The molecular formula is C12H23N3O4S. The van der Waals surface area contributed by atoms with Crippen molar-refractivity contribution in [3.05, 3.63) is 0 Å². The summed E-state index contributed by atoms with van der Waals surface area (Å²) in [6.07, 6.45) is 1.73. The first-order valence-corrected chi connectivity index (χ1v) is 7.59. The summed E-state index contributed by atoms with van der Waals surface area (Å²) in [7, 11) is 0. The molecule has 20 heavy (non-hydrogen) atoms. The van der Waals surface area contributed by atoms with Crippen molar-refractivity contribution in [1.82, 2.24) is 5.32 Å². The lowest BCUT2D eigenvalue weighted by Gasteiger charge is -2.08. The van der Waals surface area contributed by atoms with Gasteiger partial charge in [0.2, 0.25) is 5.91 Å². The van der Waals surface area contributed by atoms with Crippen LogP contribution in [0.4, 0.5) is 0 Å². The molecule has 0 aromatic carbocycles. The van der Waals surface area contributed by atoms with E-state index < -0.39 is 18.1 Å². The molecule has 0 fully saturated rings. The zero-order valence-electron chi connectivity index (χ0n) is 11.6. The molecule has 0 rings (SSSR count). The van der Waals surface area contributed by atoms with Gasteiger partial charge in [-0.05, 0) is 26.2 Å². The lowest BCUT2D eigenvalue weighted by Crippen LogP contribution is -2.32. The monoisotopic (exact) mass is 305 g/mol. The van der Waals surface area contributed by atoms with Crippen LogP contribution in [-0.4, -0.2) is 52.9 Å². The molecule has 0 aliphatic carbocycles. The van der Waals surface area contributed by atoms with E-state index in [0.29, 0.717) is 31.6 Å². The van der Waals surface area contributed by atoms with E-state index in [-0.39, 0.29) is 17.4 Å². The third kappa shape index (κ3) is 9.76. The zero-order chi connectivity index (χ0) is 15.5. The summed E-state index contributed by atoms with van der Waals surface area (Å²) in [5.41, 5.74) is 10.9. The normalized spacial score (nSPS) is 13.6. The first-order chi connectivity index (χ1) is 9.34. The van der Waals surface area contributed by atoms with E-state index >= 15 is 0 Å². The van der Waals surface area contributed by atoms with Crippen LogP contribution in [-0.2, 0) is 14.4 Å². The maximum Gasteiger partial charge on any atom is 0.320 e. The highest BCUT2D eigenvalue weighted by atomic mass is 32.2. The number of rotatable bonds is 11. The number of hydrogen-bond donors (Lipinski definition) is 4. The minimum atomic E-state index is -1.01. The van der Waals surface area contributed by atoms with Crippen molar-refractivity contribution in [3.8, 4) is 0 Å². The highest BCUT2D eigenvalue weighted by molar-refractivity contribution is 8.00. The van der Waals surface area contributed by atoms with Crippen LogP contribution in [0.25, 0.3) is 0 Å². The van der Waals surface area contributed by atoms with Crippen LogP contribution >= 0.6 is 11.8 Å². The van der Waals surface area contributed by atoms with Gasteiger partial charge in [-0.2, -0.15) is 0 Å². The number of nitrogens with two attached hydrogens (primary N) is 2. The van der Waals surface area contributed by atoms with Crippen LogP contribution in [0.15, 0.2) is 0 Å². The van der Waals surface area contributed by atoms with Crippen LogP contribution in [0.1, 0.15) is 26.2 Å². The van der Waals surface area contributed by atoms with E-state index in [1.807, 2.05) is 0 Å². The molecule has 0 radical (unpaired) electrons. The second kappa shape index (κ2) is 10.6. The van der Waals surface area contributed by atoms with Crippen LogP contribution in [0.3, 0.4) is 0 Å². The van der Waals surface area contributed by atoms with Crippen molar-refractivity contribution in [2.24, 2.45) is 11.5 Å². The molecule has 0 aliphatic rings. The van der Waals surface area contributed by atoms with Gasteiger partial charge in [0, 0.05) is 12.3 Å². The number of carboxylic acids is 1. The Morgan fingerprint density at radius 1 is 1.20 bits per heavy atom. The number of carbonyl (C=O) groups is 3. The van der Waals surface area contributed by atoms with Crippen LogP contribution < -0.4 is 16.8 Å². The number of thioether (sulfide) groups is 1. The Morgan fingerprint density at radius 3 is 2.40 bits per heavy atom. The number of nitrogens with one attached hydrogen (secondary N) is 1. The predicted molar refractivity (Wildman–Crippen MR) is 78.5 cm³/mol. The van der Waals surface area contributed by atoms with Crippen molar-refractivity contribution < 1.29 is 19.5 Å². The highest BCUT2D eigenvalue weighted by Crippen LogP contribution is 2.02. The lowest BCUT2D eigenvalue weighted by molar-refractivity contribution is -0.138. The van der Waals surface area contributed by atoms with Crippen LogP contribution in [0.2, 0.25) is 0 Å². The minimum absolute atomic E-state index is 0.0901. The average Bonchev–Trinajstić information content (AvgIpc) is 2.37. The van der Waals surface area contributed by atoms with Gasteiger partial charge in [0.1, 0.15) is 11.8 Å². The molecule has 7 nitrogen and oxygen atoms in total. The quantitative estimate of drug-likeness (QED) is 0.372. The highest BCUT2D eigenvalue weighted by Gasteiger charge is 2.11. The van der Waals surface area contributed by atoms with Gasteiger partial charge in [0.15, 0.2) is 0 Å². The van der Waals surface area contributed by atoms with E-state index in [9.17, 15) is 14.4 Å². The fourth-order valence-electron chi connectivity index (χ4n) is 1.29. The smallest absolute Gasteiger partial charge is 0.320 e. The Hall–Kier alpha value is -1.12. The molecule has 0 saturated carbocycles. The number of Topliss-reactive ketones (excluding diaryl/α,β-unsaturated/α-hetero) is 1. The first kappa shape index (κ1) is 18.9. The van der Waals surface area contributed by atoms with Gasteiger partial charge in [0.05, 0.1) is 11.8 Å². The summed E-state index contributed by atoms with van der Waals surface area (Å²) < 4.78 is 0. The van der Waals surface area contributed by atoms with Gasteiger partial charge >= 0.3 is 5.97 Å². The average molecular weight is 305 g/mol. The van der Waals surface area contributed by atoms with E-state index in [1.54, 1.807) is 0 Å². The Balaban J connectivity index is 3.50. The molecular weight excluding hydrogens is 282 g/mol. The van der Waals surface area contributed by atoms with E-state index in [4.69, 9.17) is 16.6 Å². The third-order valence-corrected chi connectivity index (χ3v) is 3.70. The molecule has 2 atom stereocenters. The van der Waals surface area contributed by atoms with E-state index in [1.165, 1.54) is 18.7 Å². The number of aliphatic carboxylic acids is 1. The molecule has 116 valence electrons. The van der Waals surface area contributed by atoms with Gasteiger partial charge in [-0.15, -0.1) is 11.8 Å². The molecule has 0 unspecified atom stereocenters. The SMILES string of the molecule is CC(=O)[C@@H](N)CSCC(=O)NCCCC[C@H](N)C(=O)O. The summed E-state index contributed by atoms with van der Waals surface area (Å²) in [5, 5.41) is 11.3. The maximum absolute atomic E-state index is 11.4. The molecule has 0 saturated heterocycles. The second-order valence-corrected chi connectivity index (χ2v) is 5.55. The van der Waals surface area contributed by atoms with Gasteiger partial charge in [-0.25, -0.2) is 0 Å². The van der Waals surface area contributed by atoms with Gasteiger partial charge < -0.3 is 21.9 Å². The maximum atomic E-state index is 11.4. The first-order valence-electron chi connectivity index (χ1n) is 6.43. The fourth-order valence-corrected chi connectivity index (χ4v) is 2.18. The minimum Gasteiger partial charge on any atom is -0.480 e. The van der Waals surface area contributed by atoms with Gasteiger partial charge in [0.25, 0.3) is 0 Å². The second-order valence-electron chi connectivity index (χ2n) is 4.52. The molecule has 0 aliphatic heterocycles. The Labute approximate surface area is 122 Å². The number of unbranched alkanes of at least 4 members (excludes halogenated alkanes) is 1. The summed E-state index contributed by atoms with van der Waals surface area (Å²) in [4.78, 5) is 32.8. The molecule has 0 heterocycles. The molecule has 0 aromatic heterocycles. The molecule has 8 heteroatoms. The van der Waals surface area contributed by atoms with Crippen LogP contribution in [0.5, 0.6) is 0 Å². The molecule has 0 bridgehead atoms. The van der Waals surface area contributed by atoms with Crippen molar-refractivity contribution in [2.75, 3.05) is 18.1 Å². The standard InChI is InChI=1S/C12H23N3O4S/c1-8(16)10(14)6-20-7-11(17)15-5-3-2-4-9(13)12(18)19/h9-10H,2-7,13-14H2,1H3,(H,15,17)(H,18,19)/t9-,10-/m0/s1. The zero-order valence-corrected chi connectivity index (χ0v) is 12.4. The molecule has 0 aromatic rings. The van der Waals surface area contributed by atoms with E-state index in [2.05, 4.69) is 5.32 Å². The third-order valence-electron chi connectivity index (χ3n) is 2.63. The van der Waals surface area contributed by atoms with Gasteiger partial charge in [-0.3, -0.25) is 14.4 Å². The van der Waals surface area contributed by atoms with Crippen molar-refractivity contribution in [1.29, 1.82) is 0 Å². The summed E-state index contributed by atoms with van der Waals surface area (Å²) in [6, 6.07) is -1.36. The summed E-state index contributed by atoms with van der Waals surface area (Å²) in [5.74, 6) is -0.528. The molecule has 6 N–H and O–H groups in total. The largest absolute Gasteiger partial charge is 0.480 e. The number of carbonyl (C=O) groups excluding carboxylic acids is 2. The number of amides is 1. The topological polar surface area (TPSA) is 136 Å². The summed E-state index contributed by atoms with van der Waals surface area (Å²) >= 11 is 1.31. The molecule has 1 amide bonds. The van der Waals surface area contributed by atoms with Crippen molar-refractivity contribution in [3.63, 3.8) is 0 Å². The molecule has 0 spiro atoms. The van der Waals surface area contributed by atoms with Gasteiger partial charge in [-0.1, -0.05) is 0 Å². The number of carboxylic acid groups (broad SMARTS) is 1. The fraction of sp³-hybridized carbons (Fsp3) is 0.750. The lowest BCUT2D eigenvalue weighted by atomic mass is 10.1.